The second-order valence-electron chi connectivity index (χ2n) is 6.64. The minimum atomic E-state index is -2.37. The van der Waals surface area contributed by atoms with Crippen LogP contribution in [0.3, 0.4) is 0 Å². The molecule has 0 bridgehead atoms. The first-order valence-corrected chi connectivity index (χ1v) is 20.1. The Morgan fingerprint density at radius 2 is 0.643 bits per heavy atom. The summed E-state index contributed by atoms with van der Waals surface area (Å²) in [5.41, 5.74) is 0. The van der Waals surface area contributed by atoms with Crippen molar-refractivity contribution in [2.45, 2.75) is 52.4 Å². The lowest BCUT2D eigenvalue weighted by Gasteiger charge is -2.48. The molecule has 0 amide bonds. The molecule has 2 atom stereocenters. The van der Waals surface area contributed by atoms with Gasteiger partial charge in [0.05, 0.1) is 15.2 Å². The predicted octanol–water partition coefficient (Wildman–Crippen LogP) is 2.03. The molecular weight excluding hydrogens is 240 g/mol. The van der Waals surface area contributed by atoms with Gasteiger partial charge in [0, 0.05) is 0 Å². The topological polar surface area (TPSA) is 40.5 Å². The van der Waals surface area contributed by atoms with E-state index in [9.17, 15) is 9.59 Å². The quantitative estimate of drug-likeness (QED) is 0.768. The molecule has 2 nitrogen and oxygen atoms in total. The second kappa shape index (κ2) is 3.67. The first-order chi connectivity index (χ1) is 5.75. The van der Waals surface area contributed by atoms with Crippen LogP contribution in [0.5, 0.6) is 0 Å². The third-order valence-electron chi connectivity index (χ3n) is 3.87. The van der Waals surface area contributed by atoms with Gasteiger partial charge >= 0.3 is 0 Å². The summed E-state index contributed by atoms with van der Waals surface area (Å²) in [5.74, 6) is 0. The molecular formula is C8H26O2Si4. The lowest BCUT2D eigenvalue weighted by molar-refractivity contribution is 0.537. The van der Waals surface area contributed by atoms with Crippen LogP contribution < -0.4 is 0 Å². The zero-order valence-electron chi connectivity index (χ0n) is 10.9. The SMILES string of the molecule is C[Si](C)(C)[Si](C)(O)[Si](C)(O)[Si](C)(C)C. The molecule has 2 N–H and O–H groups in total. The van der Waals surface area contributed by atoms with Crippen molar-refractivity contribution >= 4 is 29.9 Å². The Morgan fingerprint density at radius 3 is 0.714 bits per heavy atom. The molecule has 0 heterocycles. The van der Waals surface area contributed by atoms with Crippen LogP contribution in [0.25, 0.3) is 0 Å². The molecule has 0 aromatic heterocycles. The Kier molecular flexibility index (Phi) is 3.88. The maximum atomic E-state index is 10.8. The first-order valence-electron chi connectivity index (χ1n) is 5.20. The van der Waals surface area contributed by atoms with Crippen molar-refractivity contribution in [3.63, 3.8) is 0 Å². The Labute approximate surface area is 92.0 Å². The fourth-order valence-electron chi connectivity index (χ4n) is 1.46. The molecule has 0 aromatic carbocycles. The maximum absolute atomic E-state index is 10.8. The monoisotopic (exact) mass is 266 g/mol. The summed E-state index contributed by atoms with van der Waals surface area (Å²) in [5, 5.41) is 0. The van der Waals surface area contributed by atoms with Crippen molar-refractivity contribution in [2.75, 3.05) is 0 Å². The summed E-state index contributed by atoms with van der Waals surface area (Å²) in [7, 11) is -7.92. The molecule has 0 rings (SSSR count). The van der Waals surface area contributed by atoms with Crippen LogP contribution in [0.4, 0.5) is 0 Å². The van der Waals surface area contributed by atoms with Gasteiger partial charge in [0.15, 0.2) is 14.7 Å². The van der Waals surface area contributed by atoms with Gasteiger partial charge in [0.2, 0.25) is 0 Å². The lowest BCUT2D eigenvalue weighted by Crippen LogP contribution is -2.81. The molecule has 0 radical (unpaired) electrons. The van der Waals surface area contributed by atoms with Gasteiger partial charge < -0.3 is 9.59 Å². The number of rotatable bonds is 3. The van der Waals surface area contributed by atoms with Crippen LogP contribution in [0.2, 0.25) is 52.4 Å². The molecule has 0 saturated heterocycles. The molecule has 2 unspecified atom stereocenters. The smallest absolute Gasteiger partial charge is 0.188 e. The van der Waals surface area contributed by atoms with Crippen molar-refractivity contribution in [3.05, 3.63) is 0 Å². The van der Waals surface area contributed by atoms with E-state index < -0.39 is 29.9 Å². The van der Waals surface area contributed by atoms with Crippen molar-refractivity contribution in [2.24, 2.45) is 0 Å². The largest absolute Gasteiger partial charge is 0.435 e. The normalized spacial score (nSPS) is 22.7. The highest BCUT2D eigenvalue weighted by atomic mass is 29.8. The van der Waals surface area contributed by atoms with Gasteiger partial charge in [0.25, 0.3) is 0 Å². The van der Waals surface area contributed by atoms with Gasteiger partial charge in [-0.25, -0.2) is 0 Å². The Morgan fingerprint density at radius 1 is 0.500 bits per heavy atom. The van der Waals surface area contributed by atoms with E-state index in [1.54, 1.807) is 0 Å². The second-order valence-corrected chi connectivity index (χ2v) is 43.6. The molecule has 14 heavy (non-hydrogen) atoms. The lowest BCUT2D eigenvalue weighted by atomic mass is 11.8. The average Bonchev–Trinajstić information content (AvgIpc) is 1.81. The third-order valence-corrected chi connectivity index (χ3v) is 59.3. The summed E-state index contributed by atoms with van der Waals surface area (Å²) >= 11 is 0. The molecule has 0 aliphatic heterocycles. The third kappa shape index (κ3) is 2.30. The van der Waals surface area contributed by atoms with Crippen LogP contribution in [0.15, 0.2) is 0 Å². The summed E-state index contributed by atoms with van der Waals surface area (Å²) in [6, 6.07) is 0. The van der Waals surface area contributed by atoms with Gasteiger partial charge in [-0.05, 0) is 13.1 Å². The minimum absolute atomic E-state index is 1.59. The summed E-state index contributed by atoms with van der Waals surface area (Å²) in [4.78, 5) is 21.5. The van der Waals surface area contributed by atoms with Gasteiger partial charge in [-0.15, -0.1) is 0 Å². The molecule has 86 valence electrons. The van der Waals surface area contributed by atoms with Gasteiger partial charge in [0.1, 0.15) is 0 Å². The molecule has 0 aromatic rings. The van der Waals surface area contributed by atoms with E-state index in [4.69, 9.17) is 0 Å². The van der Waals surface area contributed by atoms with Crippen LogP contribution >= 0.6 is 0 Å². The van der Waals surface area contributed by atoms with Crippen LogP contribution in [0, 0.1) is 0 Å². The van der Waals surface area contributed by atoms with Gasteiger partial charge in [-0.1, -0.05) is 39.3 Å². The average molecular weight is 267 g/mol. The maximum Gasteiger partial charge on any atom is 0.188 e. The first kappa shape index (κ1) is 14.8. The number of hydrogen-bond acceptors (Lipinski definition) is 2. The Bertz CT molecular complexity index is 188. The van der Waals surface area contributed by atoms with Crippen molar-refractivity contribution in [1.29, 1.82) is 0 Å². The van der Waals surface area contributed by atoms with Gasteiger partial charge in [-0.3, -0.25) is 0 Å². The zero-order chi connectivity index (χ0) is 12.0. The van der Waals surface area contributed by atoms with Crippen molar-refractivity contribution in [3.8, 4) is 0 Å². The zero-order valence-corrected chi connectivity index (χ0v) is 14.9. The molecule has 0 aliphatic carbocycles. The molecule has 0 spiro atoms. The van der Waals surface area contributed by atoms with Crippen LogP contribution in [-0.4, -0.2) is 39.5 Å². The highest BCUT2D eigenvalue weighted by Crippen LogP contribution is 2.30. The summed E-state index contributed by atoms with van der Waals surface area (Å²) in [6.07, 6.45) is 0. The molecule has 0 saturated carbocycles. The molecule has 0 aliphatic rings. The highest BCUT2D eigenvalue weighted by molar-refractivity contribution is 7.79. The van der Waals surface area contributed by atoms with E-state index in [1.807, 2.05) is 13.1 Å². The van der Waals surface area contributed by atoms with E-state index >= 15 is 0 Å². The van der Waals surface area contributed by atoms with E-state index in [2.05, 4.69) is 39.3 Å². The van der Waals surface area contributed by atoms with Crippen molar-refractivity contribution in [1.82, 2.24) is 0 Å². The Hall–Kier alpha value is 0.788. The fraction of sp³-hybridized carbons (Fsp3) is 1.00. The predicted molar refractivity (Wildman–Crippen MR) is 74.4 cm³/mol. The van der Waals surface area contributed by atoms with Crippen molar-refractivity contribution < 1.29 is 9.59 Å². The molecule has 6 heteroatoms. The minimum Gasteiger partial charge on any atom is -0.435 e. The summed E-state index contributed by atoms with van der Waals surface area (Å²) in [6.45, 7) is 17.2. The standard InChI is InChI=1S/C8H26O2Si4/c1-11(2,3)13(7,9)14(8,10)12(4,5)6/h9-10H,1-8H3. The highest BCUT2D eigenvalue weighted by Gasteiger charge is 2.61. The fourth-order valence-corrected chi connectivity index (χ4v) is 59.7. The van der Waals surface area contributed by atoms with Crippen LogP contribution in [0.1, 0.15) is 0 Å². The van der Waals surface area contributed by atoms with E-state index in [1.165, 1.54) is 0 Å². The Balaban J connectivity index is 5.30. The number of hydrogen-bond donors (Lipinski definition) is 2. The molecule has 0 fully saturated rings. The van der Waals surface area contributed by atoms with Gasteiger partial charge in [-0.2, -0.15) is 0 Å². The van der Waals surface area contributed by atoms with E-state index in [-0.39, 0.29) is 0 Å². The van der Waals surface area contributed by atoms with E-state index in [0.29, 0.717) is 0 Å². The summed E-state index contributed by atoms with van der Waals surface area (Å²) < 4.78 is 0. The van der Waals surface area contributed by atoms with E-state index in [0.717, 1.165) is 0 Å². The van der Waals surface area contributed by atoms with Crippen LogP contribution in [-0.2, 0) is 0 Å².